The van der Waals surface area contributed by atoms with Crippen LogP contribution in [0.15, 0.2) is 54.6 Å². The van der Waals surface area contributed by atoms with Crippen LogP contribution < -0.4 is 4.72 Å². The summed E-state index contributed by atoms with van der Waals surface area (Å²) in [5, 5.41) is 0. The van der Waals surface area contributed by atoms with Gasteiger partial charge in [-0.2, -0.15) is 0 Å². The molecule has 1 saturated heterocycles. The van der Waals surface area contributed by atoms with Gasteiger partial charge in [-0.1, -0.05) is 60.2 Å². The standard InChI is InChI=1S/C20H26N2O3S/c1-17-6-5-9-19(14-17)20(22-10-12-25-13-11-22)15-21-26(23,24)16-18-7-3-2-4-8-18/h2-9,14,20-21H,10-13,15-16H2,1H3. The predicted molar refractivity (Wildman–Crippen MR) is 103 cm³/mol. The minimum absolute atomic E-state index is 0.00249. The van der Waals surface area contributed by atoms with E-state index in [0.29, 0.717) is 19.8 Å². The molecule has 0 saturated carbocycles. The monoisotopic (exact) mass is 374 g/mol. The maximum atomic E-state index is 12.5. The SMILES string of the molecule is Cc1cccc(C(CNS(=O)(=O)Cc2ccccc2)N2CCOCC2)c1. The number of ether oxygens (including phenoxy) is 1. The first-order chi connectivity index (χ1) is 12.5. The Labute approximate surface area is 156 Å². The number of nitrogens with zero attached hydrogens (tertiary/aromatic N) is 1. The third-order valence-electron chi connectivity index (χ3n) is 4.61. The van der Waals surface area contributed by atoms with Gasteiger partial charge in [0.2, 0.25) is 10.0 Å². The fourth-order valence-corrected chi connectivity index (χ4v) is 4.42. The van der Waals surface area contributed by atoms with E-state index >= 15 is 0 Å². The lowest BCUT2D eigenvalue weighted by Crippen LogP contribution is -2.44. The molecule has 2 aromatic carbocycles. The summed E-state index contributed by atoms with van der Waals surface area (Å²) in [6.07, 6.45) is 0. The second-order valence-electron chi connectivity index (χ2n) is 6.67. The van der Waals surface area contributed by atoms with Crippen molar-refractivity contribution in [1.29, 1.82) is 0 Å². The van der Waals surface area contributed by atoms with Crippen LogP contribution in [-0.2, 0) is 20.5 Å². The molecule has 6 heteroatoms. The van der Waals surface area contributed by atoms with Crippen molar-refractivity contribution in [2.45, 2.75) is 18.7 Å². The normalized spacial score (nSPS) is 17.1. The molecule has 0 aliphatic carbocycles. The lowest BCUT2D eigenvalue weighted by atomic mass is 10.0. The zero-order valence-corrected chi connectivity index (χ0v) is 15.9. The van der Waals surface area contributed by atoms with Gasteiger partial charge in [-0.05, 0) is 18.1 Å². The highest BCUT2D eigenvalue weighted by atomic mass is 32.2. The van der Waals surface area contributed by atoms with Crippen molar-refractivity contribution >= 4 is 10.0 Å². The molecule has 0 spiro atoms. The maximum Gasteiger partial charge on any atom is 0.215 e. The molecule has 0 radical (unpaired) electrons. The largest absolute Gasteiger partial charge is 0.379 e. The average Bonchev–Trinajstić information content (AvgIpc) is 2.63. The van der Waals surface area contributed by atoms with Crippen LogP contribution in [0.4, 0.5) is 0 Å². The van der Waals surface area contributed by atoms with E-state index in [2.05, 4.69) is 34.7 Å². The lowest BCUT2D eigenvalue weighted by Gasteiger charge is -2.35. The molecule has 1 aliphatic rings. The van der Waals surface area contributed by atoms with Crippen LogP contribution in [-0.4, -0.2) is 46.2 Å². The fourth-order valence-electron chi connectivity index (χ4n) is 3.27. The van der Waals surface area contributed by atoms with Crippen LogP contribution in [0.3, 0.4) is 0 Å². The zero-order valence-electron chi connectivity index (χ0n) is 15.1. The van der Waals surface area contributed by atoms with Gasteiger partial charge in [0.1, 0.15) is 0 Å². The Morgan fingerprint density at radius 3 is 2.50 bits per heavy atom. The lowest BCUT2D eigenvalue weighted by molar-refractivity contribution is 0.0172. The molecular formula is C20H26N2O3S. The molecule has 1 atom stereocenters. The first kappa shape index (κ1) is 19.0. The Hall–Kier alpha value is -1.73. The summed E-state index contributed by atoms with van der Waals surface area (Å²) in [6, 6.07) is 17.5. The number of hydrogen-bond donors (Lipinski definition) is 1. The number of nitrogens with one attached hydrogen (secondary N) is 1. The molecule has 2 aromatic rings. The number of rotatable bonds is 7. The molecule has 26 heavy (non-hydrogen) atoms. The minimum Gasteiger partial charge on any atom is -0.379 e. The number of sulfonamides is 1. The molecule has 1 N–H and O–H groups in total. The van der Waals surface area contributed by atoms with Gasteiger partial charge in [0.25, 0.3) is 0 Å². The predicted octanol–water partition coefficient (Wildman–Crippen LogP) is 2.49. The summed E-state index contributed by atoms with van der Waals surface area (Å²) in [5.41, 5.74) is 3.10. The summed E-state index contributed by atoms with van der Waals surface area (Å²) in [4.78, 5) is 2.29. The minimum atomic E-state index is -3.39. The van der Waals surface area contributed by atoms with E-state index in [1.165, 1.54) is 5.56 Å². The van der Waals surface area contributed by atoms with E-state index in [4.69, 9.17) is 4.74 Å². The van der Waals surface area contributed by atoms with Crippen LogP contribution in [0.25, 0.3) is 0 Å². The van der Waals surface area contributed by atoms with E-state index in [0.717, 1.165) is 24.2 Å². The molecular weight excluding hydrogens is 348 g/mol. The first-order valence-corrected chi connectivity index (χ1v) is 10.6. The molecule has 140 valence electrons. The third-order valence-corrected chi connectivity index (χ3v) is 5.93. The van der Waals surface area contributed by atoms with E-state index in [1.807, 2.05) is 36.4 Å². The molecule has 1 aliphatic heterocycles. The Morgan fingerprint density at radius 1 is 1.08 bits per heavy atom. The van der Waals surface area contributed by atoms with Crippen LogP contribution in [0, 0.1) is 6.92 Å². The van der Waals surface area contributed by atoms with Crippen molar-refractivity contribution in [3.63, 3.8) is 0 Å². The van der Waals surface area contributed by atoms with Crippen LogP contribution in [0.1, 0.15) is 22.7 Å². The highest BCUT2D eigenvalue weighted by molar-refractivity contribution is 7.88. The van der Waals surface area contributed by atoms with Crippen molar-refractivity contribution < 1.29 is 13.2 Å². The van der Waals surface area contributed by atoms with Crippen molar-refractivity contribution in [2.24, 2.45) is 0 Å². The average molecular weight is 375 g/mol. The van der Waals surface area contributed by atoms with E-state index < -0.39 is 10.0 Å². The van der Waals surface area contributed by atoms with Gasteiger partial charge >= 0.3 is 0 Å². The Morgan fingerprint density at radius 2 is 1.81 bits per heavy atom. The van der Waals surface area contributed by atoms with Gasteiger partial charge in [0.05, 0.1) is 19.0 Å². The van der Waals surface area contributed by atoms with Gasteiger partial charge < -0.3 is 4.74 Å². The molecule has 3 rings (SSSR count). The van der Waals surface area contributed by atoms with E-state index in [1.54, 1.807) is 0 Å². The number of hydrogen-bond acceptors (Lipinski definition) is 4. The summed E-state index contributed by atoms with van der Waals surface area (Å²) >= 11 is 0. The Kier molecular flexibility index (Phi) is 6.43. The summed E-state index contributed by atoms with van der Waals surface area (Å²) in [7, 11) is -3.39. The first-order valence-electron chi connectivity index (χ1n) is 8.93. The highest BCUT2D eigenvalue weighted by Crippen LogP contribution is 2.22. The van der Waals surface area contributed by atoms with Gasteiger partial charge in [0.15, 0.2) is 0 Å². The number of benzene rings is 2. The second kappa shape index (κ2) is 8.77. The second-order valence-corrected chi connectivity index (χ2v) is 8.48. The molecule has 5 nitrogen and oxygen atoms in total. The molecule has 1 heterocycles. The van der Waals surface area contributed by atoms with Crippen molar-refractivity contribution in [2.75, 3.05) is 32.8 Å². The summed E-state index contributed by atoms with van der Waals surface area (Å²) < 4.78 is 33.3. The molecule has 1 unspecified atom stereocenters. The molecule has 0 bridgehead atoms. The quantitative estimate of drug-likeness (QED) is 0.809. The van der Waals surface area contributed by atoms with Gasteiger partial charge in [-0.3, -0.25) is 4.90 Å². The van der Waals surface area contributed by atoms with Crippen LogP contribution in [0.2, 0.25) is 0 Å². The van der Waals surface area contributed by atoms with Crippen molar-refractivity contribution in [1.82, 2.24) is 9.62 Å². The summed E-state index contributed by atoms with van der Waals surface area (Å²) in [5.74, 6) is -0.00249. The number of aryl methyl sites for hydroxylation is 1. The third kappa shape index (κ3) is 5.38. The van der Waals surface area contributed by atoms with E-state index in [9.17, 15) is 8.42 Å². The summed E-state index contributed by atoms with van der Waals surface area (Å²) in [6.45, 7) is 5.38. The fraction of sp³-hybridized carbons (Fsp3) is 0.400. The topological polar surface area (TPSA) is 58.6 Å². The smallest absolute Gasteiger partial charge is 0.215 e. The van der Waals surface area contributed by atoms with Crippen molar-refractivity contribution in [3.8, 4) is 0 Å². The van der Waals surface area contributed by atoms with E-state index in [-0.39, 0.29) is 11.8 Å². The van der Waals surface area contributed by atoms with Crippen LogP contribution >= 0.6 is 0 Å². The number of morpholine rings is 1. The highest BCUT2D eigenvalue weighted by Gasteiger charge is 2.24. The maximum absolute atomic E-state index is 12.5. The molecule has 0 aromatic heterocycles. The van der Waals surface area contributed by atoms with Gasteiger partial charge in [-0.25, -0.2) is 13.1 Å². The van der Waals surface area contributed by atoms with Crippen LogP contribution in [0.5, 0.6) is 0 Å². The Balaban J connectivity index is 1.73. The van der Waals surface area contributed by atoms with Crippen molar-refractivity contribution in [3.05, 3.63) is 71.3 Å². The van der Waals surface area contributed by atoms with Gasteiger partial charge in [-0.15, -0.1) is 0 Å². The molecule has 1 fully saturated rings. The molecule has 0 amide bonds. The Bertz CT molecular complexity index is 803. The van der Waals surface area contributed by atoms with Gasteiger partial charge in [0, 0.05) is 25.7 Å². The zero-order chi connectivity index (χ0) is 18.4.